The molecule has 92 valence electrons. The molecule has 0 spiro atoms. The third kappa shape index (κ3) is 2.88. The molecule has 0 atom stereocenters. The van der Waals surface area contributed by atoms with Crippen molar-refractivity contribution >= 4 is 17.9 Å². The highest BCUT2D eigenvalue weighted by molar-refractivity contribution is 6.33. The van der Waals surface area contributed by atoms with Gasteiger partial charge in [-0.2, -0.15) is 0 Å². The summed E-state index contributed by atoms with van der Waals surface area (Å²) < 4.78 is 5.59. The van der Waals surface area contributed by atoms with Crippen LogP contribution < -0.4 is 4.74 Å². The molecule has 0 bridgehead atoms. The Bertz CT molecular complexity index is 567. The fourth-order valence-corrected chi connectivity index (χ4v) is 1.73. The summed E-state index contributed by atoms with van der Waals surface area (Å²) in [4.78, 5) is 10.6. The quantitative estimate of drug-likeness (QED) is 0.859. The first-order valence-corrected chi connectivity index (χ1v) is 5.73. The summed E-state index contributed by atoms with van der Waals surface area (Å²) in [6, 6.07) is 12.0. The number of ether oxygens (including phenoxy) is 1. The molecule has 0 unspecified atom stereocenters. The summed E-state index contributed by atoms with van der Waals surface area (Å²) in [7, 11) is 0. The number of aldehydes is 1. The Morgan fingerprint density at radius 1 is 1.17 bits per heavy atom. The van der Waals surface area contributed by atoms with Gasteiger partial charge in [-0.3, -0.25) is 4.79 Å². The lowest BCUT2D eigenvalue weighted by Gasteiger charge is -2.07. The van der Waals surface area contributed by atoms with Crippen LogP contribution in [-0.4, -0.2) is 11.4 Å². The molecule has 2 aromatic rings. The van der Waals surface area contributed by atoms with Gasteiger partial charge in [-0.1, -0.05) is 23.7 Å². The number of carbonyl (C=O) groups excluding carboxylic acids is 1. The van der Waals surface area contributed by atoms with Crippen molar-refractivity contribution in [3.8, 4) is 11.5 Å². The van der Waals surface area contributed by atoms with E-state index >= 15 is 0 Å². The SMILES string of the molecule is O=Cc1ccc(Oc2cccc(CO)c2)cc1Cl. The summed E-state index contributed by atoms with van der Waals surface area (Å²) in [5, 5.41) is 9.37. The van der Waals surface area contributed by atoms with E-state index in [2.05, 4.69) is 0 Å². The highest BCUT2D eigenvalue weighted by Crippen LogP contribution is 2.26. The van der Waals surface area contributed by atoms with Crippen LogP contribution in [0.3, 0.4) is 0 Å². The van der Waals surface area contributed by atoms with Crippen LogP contribution in [0.2, 0.25) is 5.02 Å². The molecule has 2 rings (SSSR count). The van der Waals surface area contributed by atoms with Gasteiger partial charge in [0.05, 0.1) is 11.6 Å². The first-order valence-electron chi connectivity index (χ1n) is 5.35. The Labute approximate surface area is 110 Å². The van der Waals surface area contributed by atoms with Gasteiger partial charge in [0.2, 0.25) is 0 Å². The Hall–Kier alpha value is -1.84. The van der Waals surface area contributed by atoms with E-state index in [1.807, 2.05) is 0 Å². The van der Waals surface area contributed by atoms with Crippen molar-refractivity contribution in [2.24, 2.45) is 0 Å². The lowest BCUT2D eigenvalue weighted by Crippen LogP contribution is -1.89. The fraction of sp³-hybridized carbons (Fsp3) is 0.0714. The molecular formula is C14H11ClO3. The van der Waals surface area contributed by atoms with Gasteiger partial charge in [0.1, 0.15) is 11.5 Å². The fourth-order valence-electron chi connectivity index (χ4n) is 1.51. The van der Waals surface area contributed by atoms with Crippen LogP contribution in [0.1, 0.15) is 15.9 Å². The average Bonchev–Trinajstić information content (AvgIpc) is 2.39. The van der Waals surface area contributed by atoms with Crippen LogP contribution in [0.15, 0.2) is 42.5 Å². The van der Waals surface area contributed by atoms with E-state index in [-0.39, 0.29) is 6.61 Å². The predicted octanol–water partition coefficient (Wildman–Crippen LogP) is 3.44. The topological polar surface area (TPSA) is 46.5 Å². The first-order chi connectivity index (χ1) is 8.72. The van der Waals surface area contributed by atoms with Crippen molar-refractivity contribution in [1.82, 2.24) is 0 Å². The minimum atomic E-state index is -0.0396. The molecule has 0 heterocycles. The van der Waals surface area contributed by atoms with E-state index in [0.717, 1.165) is 5.56 Å². The number of benzene rings is 2. The predicted molar refractivity (Wildman–Crippen MR) is 69.3 cm³/mol. The van der Waals surface area contributed by atoms with E-state index in [1.54, 1.807) is 42.5 Å². The van der Waals surface area contributed by atoms with Crippen LogP contribution in [0.4, 0.5) is 0 Å². The standard InChI is InChI=1S/C14H11ClO3/c15-14-7-13(5-4-11(14)9-17)18-12-3-1-2-10(6-12)8-16/h1-7,9,16H,8H2. The maximum atomic E-state index is 10.6. The monoisotopic (exact) mass is 262 g/mol. The number of carbonyl (C=O) groups is 1. The van der Waals surface area contributed by atoms with E-state index in [9.17, 15) is 4.79 Å². The van der Waals surface area contributed by atoms with E-state index in [0.29, 0.717) is 28.4 Å². The van der Waals surface area contributed by atoms with Gasteiger partial charge in [0.15, 0.2) is 6.29 Å². The number of aliphatic hydroxyl groups is 1. The van der Waals surface area contributed by atoms with Crippen molar-refractivity contribution in [2.75, 3.05) is 0 Å². The van der Waals surface area contributed by atoms with Crippen LogP contribution in [0, 0.1) is 0 Å². The molecule has 1 N–H and O–H groups in total. The molecule has 0 aliphatic rings. The molecular weight excluding hydrogens is 252 g/mol. The zero-order valence-electron chi connectivity index (χ0n) is 9.47. The van der Waals surface area contributed by atoms with Gasteiger partial charge in [0, 0.05) is 11.6 Å². The molecule has 0 fully saturated rings. The number of rotatable bonds is 4. The molecule has 0 saturated carbocycles. The van der Waals surface area contributed by atoms with Gasteiger partial charge in [-0.15, -0.1) is 0 Å². The molecule has 4 heteroatoms. The lowest BCUT2D eigenvalue weighted by molar-refractivity contribution is 0.112. The number of hydrogen-bond acceptors (Lipinski definition) is 3. The zero-order chi connectivity index (χ0) is 13.0. The largest absolute Gasteiger partial charge is 0.457 e. The zero-order valence-corrected chi connectivity index (χ0v) is 10.2. The second-order valence-electron chi connectivity index (χ2n) is 3.71. The highest BCUT2D eigenvalue weighted by Gasteiger charge is 2.03. The summed E-state index contributed by atoms with van der Waals surface area (Å²) in [5.74, 6) is 1.15. The molecule has 18 heavy (non-hydrogen) atoms. The summed E-state index contributed by atoms with van der Waals surface area (Å²) >= 11 is 5.90. The second kappa shape index (κ2) is 5.67. The summed E-state index contributed by atoms with van der Waals surface area (Å²) in [6.45, 7) is -0.0396. The normalized spacial score (nSPS) is 10.1. The van der Waals surface area contributed by atoms with Crippen LogP contribution in [0.25, 0.3) is 0 Å². The maximum Gasteiger partial charge on any atom is 0.151 e. The molecule has 2 aromatic carbocycles. The van der Waals surface area contributed by atoms with Gasteiger partial charge < -0.3 is 9.84 Å². The van der Waals surface area contributed by atoms with Crippen LogP contribution >= 0.6 is 11.6 Å². The second-order valence-corrected chi connectivity index (χ2v) is 4.12. The van der Waals surface area contributed by atoms with Gasteiger partial charge >= 0.3 is 0 Å². The Balaban J connectivity index is 2.22. The Morgan fingerprint density at radius 3 is 2.61 bits per heavy atom. The summed E-state index contributed by atoms with van der Waals surface area (Å²) in [5.41, 5.74) is 1.19. The minimum Gasteiger partial charge on any atom is -0.457 e. The molecule has 0 saturated heterocycles. The van der Waals surface area contributed by atoms with Gasteiger partial charge in [-0.05, 0) is 29.8 Å². The summed E-state index contributed by atoms with van der Waals surface area (Å²) in [6.07, 6.45) is 0.693. The number of hydrogen-bond donors (Lipinski definition) is 1. The van der Waals surface area contributed by atoms with Gasteiger partial charge in [-0.25, -0.2) is 0 Å². The number of halogens is 1. The van der Waals surface area contributed by atoms with Crippen molar-refractivity contribution in [2.45, 2.75) is 6.61 Å². The molecule has 3 nitrogen and oxygen atoms in total. The third-order valence-corrected chi connectivity index (χ3v) is 2.74. The molecule has 0 amide bonds. The average molecular weight is 263 g/mol. The smallest absolute Gasteiger partial charge is 0.151 e. The maximum absolute atomic E-state index is 10.6. The van der Waals surface area contributed by atoms with E-state index < -0.39 is 0 Å². The first kappa shape index (κ1) is 12.6. The molecule has 0 radical (unpaired) electrons. The van der Waals surface area contributed by atoms with Crippen LogP contribution in [0.5, 0.6) is 11.5 Å². The molecule has 0 aliphatic heterocycles. The van der Waals surface area contributed by atoms with Crippen molar-refractivity contribution in [3.05, 3.63) is 58.6 Å². The molecule has 0 aromatic heterocycles. The van der Waals surface area contributed by atoms with Crippen molar-refractivity contribution in [3.63, 3.8) is 0 Å². The Kier molecular flexibility index (Phi) is 3.97. The van der Waals surface area contributed by atoms with Crippen molar-refractivity contribution in [1.29, 1.82) is 0 Å². The Morgan fingerprint density at radius 2 is 1.94 bits per heavy atom. The van der Waals surface area contributed by atoms with Gasteiger partial charge in [0.25, 0.3) is 0 Å². The van der Waals surface area contributed by atoms with E-state index in [4.69, 9.17) is 21.4 Å². The van der Waals surface area contributed by atoms with Crippen LogP contribution in [-0.2, 0) is 6.61 Å². The third-order valence-electron chi connectivity index (χ3n) is 2.42. The van der Waals surface area contributed by atoms with E-state index in [1.165, 1.54) is 0 Å². The van der Waals surface area contributed by atoms with Crippen molar-refractivity contribution < 1.29 is 14.6 Å². The number of aliphatic hydroxyl groups excluding tert-OH is 1. The highest BCUT2D eigenvalue weighted by atomic mass is 35.5. The lowest BCUT2D eigenvalue weighted by atomic mass is 10.2. The molecule has 0 aliphatic carbocycles. The minimum absolute atomic E-state index is 0.0396.